The molecule has 3 heteroatoms. The molecule has 0 saturated carbocycles. The Hall–Kier alpha value is -1.74. The lowest BCUT2D eigenvalue weighted by atomic mass is 9.97. The fraction of sp³-hybridized carbons (Fsp3) is 0.333. The normalized spacial score (nSPS) is 12.5. The van der Waals surface area contributed by atoms with Crippen LogP contribution in [0.25, 0.3) is 0 Å². The maximum absolute atomic E-state index is 10.4. The molecular weight excluding hydrogens is 228 g/mol. The average Bonchev–Trinajstić information content (AvgIpc) is 2.67. The fourth-order valence-electron chi connectivity index (χ4n) is 2.17. The third-order valence-corrected chi connectivity index (χ3v) is 3.15. The molecule has 1 atom stereocenters. The summed E-state index contributed by atoms with van der Waals surface area (Å²) >= 11 is 0. The Bertz CT molecular complexity index is 555. The lowest BCUT2D eigenvalue weighted by Gasteiger charge is -2.14. The van der Waals surface area contributed by atoms with Gasteiger partial charge >= 0.3 is 0 Å². The van der Waals surface area contributed by atoms with Gasteiger partial charge in [-0.05, 0) is 50.1 Å². The lowest BCUT2D eigenvalue weighted by molar-refractivity contribution is 0.217. The second kappa shape index (κ2) is 4.86. The first-order valence-electron chi connectivity index (χ1n) is 5.92. The predicted molar refractivity (Wildman–Crippen MR) is 70.0 cm³/mol. The highest BCUT2D eigenvalue weighted by Crippen LogP contribution is 2.30. The first kappa shape index (κ1) is 12.7. The van der Waals surface area contributed by atoms with Gasteiger partial charge in [0.05, 0.1) is 7.11 Å². The van der Waals surface area contributed by atoms with Crippen LogP contribution in [-0.2, 0) is 0 Å². The zero-order chi connectivity index (χ0) is 13.3. The van der Waals surface area contributed by atoms with Crippen molar-refractivity contribution in [3.8, 4) is 5.75 Å². The summed E-state index contributed by atoms with van der Waals surface area (Å²) in [5, 5.41) is 10.4. The van der Waals surface area contributed by atoms with Gasteiger partial charge in [0, 0.05) is 5.56 Å². The van der Waals surface area contributed by atoms with Gasteiger partial charge in [0.25, 0.3) is 0 Å². The van der Waals surface area contributed by atoms with E-state index in [0.29, 0.717) is 0 Å². The summed E-state index contributed by atoms with van der Waals surface area (Å²) < 4.78 is 10.6. The number of hydrogen-bond acceptors (Lipinski definition) is 3. The molecule has 1 unspecified atom stereocenters. The van der Waals surface area contributed by atoms with Crippen LogP contribution in [0.15, 0.2) is 28.7 Å². The summed E-state index contributed by atoms with van der Waals surface area (Å²) in [7, 11) is 1.63. The predicted octanol–water partition coefficient (Wildman–Crippen LogP) is 3.30. The standard InChI is InChI=1S/C15H18O3/c1-9-7-12(17-4)5-6-13(9)15(16)14-8-10(2)18-11(14)3/h5-8,15-16H,1-4H3. The van der Waals surface area contributed by atoms with Crippen LogP contribution in [0.5, 0.6) is 5.75 Å². The highest BCUT2D eigenvalue weighted by molar-refractivity contribution is 5.41. The molecule has 0 spiro atoms. The monoisotopic (exact) mass is 246 g/mol. The van der Waals surface area contributed by atoms with Gasteiger partial charge in [0.2, 0.25) is 0 Å². The zero-order valence-corrected chi connectivity index (χ0v) is 11.2. The Labute approximate surface area is 107 Å². The van der Waals surface area contributed by atoms with Gasteiger partial charge in [0.1, 0.15) is 23.4 Å². The van der Waals surface area contributed by atoms with Crippen LogP contribution < -0.4 is 4.74 Å². The molecule has 18 heavy (non-hydrogen) atoms. The number of aryl methyl sites for hydroxylation is 3. The molecular formula is C15H18O3. The van der Waals surface area contributed by atoms with Gasteiger partial charge < -0.3 is 14.3 Å². The van der Waals surface area contributed by atoms with Gasteiger partial charge in [-0.2, -0.15) is 0 Å². The van der Waals surface area contributed by atoms with Crippen LogP contribution in [0.2, 0.25) is 0 Å². The maximum Gasteiger partial charge on any atom is 0.119 e. The molecule has 1 aromatic carbocycles. The van der Waals surface area contributed by atoms with Crippen LogP contribution >= 0.6 is 0 Å². The molecule has 1 aromatic heterocycles. The topological polar surface area (TPSA) is 42.6 Å². The average molecular weight is 246 g/mol. The molecule has 3 nitrogen and oxygen atoms in total. The Morgan fingerprint density at radius 1 is 1.11 bits per heavy atom. The number of furan rings is 1. The smallest absolute Gasteiger partial charge is 0.119 e. The third kappa shape index (κ3) is 2.27. The van der Waals surface area contributed by atoms with Gasteiger partial charge in [-0.3, -0.25) is 0 Å². The van der Waals surface area contributed by atoms with E-state index in [1.54, 1.807) is 7.11 Å². The molecule has 0 aliphatic rings. The molecule has 2 rings (SSSR count). The molecule has 0 saturated heterocycles. The molecule has 96 valence electrons. The second-order valence-electron chi connectivity index (χ2n) is 4.49. The number of rotatable bonds is 3. The Morgan fingerprint density at radius 3 is 2.33 bits per heavy atom. The fourth-order valence-corrected chi connectivity index (χ4v) is 2.17. The summed E-state index contributed by atoms with van der Waals surface area (Å²) in [4.78, 5) is 0. The summed E-state index contributed by atoms with van der Waals surface area (Å²) in [5.74, 6) is 2.37. The van der Waals surface area contributed by atoms with E-state index in [4.69, 9.17) is 9.15 Å². The summed E-state index contributed by atoms with van der Waals surface area (Å²) in [6.07, 6.45) is -0.659. The van der Waals surface area contributed by atoms with Crippen LogP contribution in [-0.4, -0.2) is 12.2 Å². The molecule has 1 heterocycles. The highest BCUT2D eigenvalue weighted by atomic mass is 16.5. The van der Waals surface area contributed by atoms with Crippen molar-refractivity contribution in [2.75, 3.05) is 7.11 Å². The van der Waals surface area contributed by atoms with Crippen molar-refractivity contribution in [2.45, 2.75) is 26.9 Å². The van der Waals surface area contributed by atoms with Gasteiger partial charge in [0.15, 0.2) is 0 Å². The highest BCUT2D eigenvalue weighted by Gasteiger charge is 2.18. The summed E-state index contributed by atoms with van der Waals surface area (Å²) in [6.45, 7) is 5.71. The minimum Gasteiger partial charge on any atom is -0.497 e. The van der Waals surface area contributed by atoms with Crippen molar-refractivity contribution < 1.29 is 14.3 Å². The lowest BCUT2D eigenvalue weighted by Crippen LogP contribution is -2.02. The first-order chi connectivity index (χ1) is 8.52. The quantitative estimate of drug-likeness (QED) is 0.903. The zero-order valence-electron chi connectivity index (χ0n) is 11.2. The molecule has 0 amide bonds. The maximum atomic E-state index is 10.4. The van der Waals surface area contributed by atoms with Crippen LogP contribution in [0, 0.1) is 20.8 Å². The largest absolute Gasteiger partial charge is 0.497 e. The van der Waals surface area contributed by atoms with Crippen molar-refractivity contribution in [2.24, 2.45) is 0 Å². The molecule has 1 N–H and O–H groups in total. The SMILES string of the molecule is COc1ccc(C(O)c2cc(C)oc2C)c(C)c1. The molecule has 2 aromatic rings. The Balaban J connectivity index is 2.39. The van der Waals surface area contributed by atoms with Crippen LogP contribution in [0.3, 0.4) is 0 Å². The van der Waals surface area contributed by atoms with E-state index in [2.05, 4.69) is 0 Å². The van der Waals surface area contributed by atoms with Gasteiger partial charge in [-0.25, -0.2) is 0 Å². The van der Waals surface area contributed by atoms with E-state index in [9.17, 15) is 5.11 Å². The molecule has 0 aliphatic carbocycles. The molecule has 0 bridgehead atoms. The van der Waals surface area contributed by atoms with Gasteiger partial charge in [-0.15, -0.1) is 0 Å². The molecule has 0 fully saturated rings. The van der Waals surface area contributed by atoms with E-state index >= 15 is 0 Å². The first-order valence-corrected chi connectivity index (χ1v) is 5.92. The molecule has 0 radical (unpaired) electrons. The van der Waals surface area contributed by atoms with Crippen molar-refractivity contribution in [1.29, 1.82) is 0 Å². The Kier molecular flexibility index (Phi) is 3.43. The minimum atomic E-state index is -0.659. The number of ether oxygens (including phenoxy) is 1. The van der Waals surface area contributed by atoms with E-state index in [0.717, 1.165) is 34.0 Å². The van der Waals surface area contributed by atoms with E-state index < -0.39 is 6.10 Å². The van der Waals surface area contributed by atoms with Crippen LogP contribution in [0.4, 0.5) is 0 Å². The minimum absolute atomic E-state index is 0.659. The van der Waals surface area contributed by atoms with E-state index in [1.165, 1.54) is 0 Å². The van der Waals surface area contributed by atoms with Crippen molar-refractivity contribution in [3.05, 3.63) is 52.5 Å². The summed E-state index contributed by atoms with van der Waals surface area (Å²) in [6, 6.07) is 7.54. The van der Waals surface area contributed by atoms with Gasteiger partial charge in [-0.1, -0.05) is 6.07 Å². The van der Waals surface area contributed by atoms with Crippen molar-refractivity contribution >= 4 is 0 Å². The number of benzene rings is 1. The number of aliphatic hydroxyl groups excluding tert-OH is 1. The summed E-state index contributed by atoms with van der Waals surface area (Å²) in [5.41, 5.74) is 2.69. The number of hydrogen-bond donors (Lipinski definition) is 1. The van der Waals surface area contributed by atoms with E-state index in [-0.39, 0.29) is 0 Å². The third-order valence-electron chi connectivity index (χ3n) is 3.15. The van der Waals surface area contributed by atoms with Crippen molar-refractivity contribution in [1.82, 2.24) is 0 Å². The number of methoxy groups -OCH3 is 1. The Morgan fingerprint density at radius 2 is 1.83 bits per heavy atom. The van der Waals surface area contributed by atoms with Crippen molar-refractivity contribution in [3.63, 3.8) is 0 Å². The van der Waals surface area contributed by atoms with E-state index in [1.807, 2.05) is 45.0 Å². The number of aliphatic hydroxyl groups is 1. The second-order valence-corrected chi connectivity index (χ2v) is 4.49. The van der Waals surface area contributed by atoms with Crippen LogP contribution in [0.1, 0.15) is 34.3 Å². The molecule has 0 aliphatic heterocycles.